The van der Waals surface area contributed by atoms with Gasteiger partial charge in [-0.2, -0.15) is 0 Å². The molecule has 0 fully saturated rings. The Bertz CT molecular complexity index is 1050. The lowest BCUT2D eigenvalue weighted by atomic mass is 10.2. The van der Waals surface area contributed by atoms with Crippen LogP contribution >= 0.6 is 12.2 Å². The van der Waals surface area contributed by atoms with Crippen LogP contribution in [0.4, 0.5) is 10.1 Å². The first-order valence-corrected chi connectivity index (χ1v) is 9.85. The van der Waals surface area contributed by atoms with E-state index in [1.807, 2.05) is 6.92 Å². The van der Waals surface area contributed by atoms with Gasteiger partial charge in [0.15, 0.2) is 5.11 Å². The Labute approximate surface area is 162 Å². The van der Waals surface area contributed by atoms with Gasteiger partial charge in [0, 0.05) is 11.9 Å². The van der Waals surface area contributed by atoms with Crippen LogP contribution in [0.1, 0.15) is 11.3 Å². The molecule has 1 heterocycles. The van der Waals surface area contributed by atoms with Crippen molar-refractivity contribution in [3.8, 4) is 0 Å². The molecule has 0 saturated heterocycles. The second kappa shape index (κ2) is 7.85. The van der Waals surface area contributed by atoms with Gasteiger partial charge in [0.25, 0.3) is 10.0 Å². The molecule has 0 aliphatic heterocycles. The first kappa shape index (κ1) is 19.0. The molecule has 2 aromatic carbocycles. The second-order valence-corrected chi connectivity index (χ2v) is 8.08. The quantitative estimate of drug-likeness (QED) is 0.637. The summed E-state index contributed by atoms with van der Waals surface area (Å²) in [4.78, 5) is 4.29. The van der Waals surface area contributed by atoms with E-state index in [0.717, 1.165) is 9.54 Å². The largest absolute Gasteiger partial charge is 0.357 e. The van der Waals surface area contributed by atoms with E-state index in [-0.39, 0.29) is 17.3 Å². The summed E-state index contributed by atoms with van der Waals surface area (Å²) < 4.78 is 39.2. The van der Waals surface area contributed by atoms with Crippen LogP contribution in [0.2, 0.25) is 0 Å². The summed E-state index contributed by atoms with van der Waals surface area (Å²) in [5, 5.41) is 6.16. The zero-order valence-electron chi connectivity index (χ0n) is 14.4. The van der Waals surface area contributed by atoms with Crippen molar-refractivity contribution in [3.63, 3.8) is 0 Å². The van der Waals surface area contributed by atoms with Gasteiger partial charge in [-0.3, -0.25) is 0 Å². The minimum Gasteiger partial charge on any atom is -0.357 e. The van der Waals surface area contributed by atoms with Crippen LogP contribution in [0.25, 0.3) is 0 Å². The lowest BCUT2D eigenvalue weighted by Gasteiger charge is -2.09. The molecule has 0 radical (unpaired) electrons. The molecule has 27 heavy (non-hydrogen) atoms. The van der Waals surface area contributed by atoms with Crippen molar-refractivity contribution < 1.29 is 12.8 Å². The van der Waals surface area contributed by atoms with Gasteiger partial charge in [0.2, 0.25) is 0 Å². The minimum atomic E-state index is -3.68. The van der Waals surface area contributed by atoms with Crippen LogP contribution in [-0.4, -0.2) is 22.5 Å². The molecule has 3 aromatic rings. The van der Waals surface area contributed by atoms with E-state index in [9.17, 15) is 12.8 Å². The van der Waals surface area contributed by atoms with Crippen LogP contribution in [0, 0.1) is 12.7 Å². The summed E-state index contributed by atoms with van der Waals surface area (Å²) in [6.45, 7) is 2.13. The van der Waals surface area contributed by atoms with Crippen LogP contribution in [0.5, 0.6) is 0 Å². The molecule has 9 heteroatoms. The number of rotatable bonds is 5. The molecule has 0 spiro atoms. The van der Waals surface area contributed by atoms with Gasteiger partial charge in [0.05, 0.1) is 17.1 Å². The van der Waals surface area contributed by atoms with Crippen molar-refractivity contribution in [1.82, 2.24) is 14.3 Å². The monoisotopic (exact) mass is 404 g/mol. The number of thiocarbonyl (C=S) groups is 1. The van der Waals surface area contributed by atoms with E-state index in [1.54, 1.807) is 36.4 Å². The maximum Gasteiger partial charge on any atom is 0.268 e. The zero-order valence-corrected chi connectivity index (χ0v) is 16.0. The number of anilines is 1. The molecule has 2 N–H and O–H groups in total. The number of hydrogen-bond acceptors (Lipinski definition) is 4. The number of aryl methyl sites for hydroxylation is 1. The van der Waals surface area contributed by atoms with Crippen LogP contribution < -0.4 is 10.6 Å². The predicted molar refractivity (Wildman–Crippen MR) is 105 cm³/mol. The van der Waals surface area contributed by atoms with Gasteiger partial charge in [-0.05, 0) is 55.5 Å². The van der Waals surface area contributed by atoms with E-state index in [0.29, 0.717) is 16.5 Å². The molecule has 1 aromatic heterocycles. The number of nitrogens with one attached hydrogen (secondary N) is 2. The fraction of sp³-hybridized carbons (Fsp3) is 0.111. The molecular weight excluding hydrogens is 387 g/mol. The Morgan fingerprint density at radius 1 is 1.15 bits per heavy atom. The molecule has 0 aliphatic rings. The summed E-state index contributed by atoms with van der Waals surface area (Å²) in [5.41, 5.74) is 2.13. The third kappa shape index (κ3) is 4.69. The average molecular weight is 404 g/mol. The Balaban J connectivity index is 1.63. The van der Waals surface area contributed by atoms with Crippen molar-refractivity contribution in [2.45, 2.75) is 18.4 Å². The molecule has 140 valence electrons. The van der Waals surface area contributed by atoms with Crippen molar-refractivity contribution in [3.05, 3.63) is 78.1 Å². The van der Waals surface area contributed by atoms with Crippen molar-refractivity contribution >= 4 is 33.0 Å². The van der Waals surface area contributed by atoms with Gasteiger partial charge in [0.1, 0.15) is 12.1 Å². The number of aromatic nitrogens is 2. The topological polar surface area (TPSA) is 76.0 Å². The predicted octanol–water partition coefficient (Wildman–Crippen LogP) is 3.05. The van der Waals surface area contributed by atoms with Crippen molar-refractivity contribution in [2.75, 3.05) is 5.32 Å². The zero-order chi connectivity index (χ0) is 19.4. The number of nitrogens with zero attached hydrogens (tertiary/aromatic N) is 2. The minimum absolute atomic E-state index is 0.193. The van der Waals surface area contributed by atoms with E-state index in [2.05, 4.69) is 15.6 Å². The SMILES string of the molecule is Cc1ccc(S(=O)(=O)n2cnc(CNC(=S)Nc3ccc(F)cc3)c2)cc1. The first-order valence-electron chi connectivity index (χ1n) is 8.00. The summed E-state index contributed by atoms with van der Waals surface area (Å²) in [6, 6.07) is 12.4. The molecule has 0 atom stereocenters. The van der Waals surface area contributed by atoms with Crippen LogP contribution in [0.15, 0.2) is 66.0 Å². The van der Waals surface area contributed by atoms with Crippen LogP contribution in [0.3, 0.4) is 0 Å². The van der Waals surface area contributed by atoms with Gasteiger partial charge >= 0.3 is 0 Å². The van der Waals surface area contributed by atoms with E-state index >= 15 is 0 Å². The van der Waals surface area contributed by atoms with Crippen molar-refractivity contribution in [2.24, 2.45) is 0 Å². The Morgan fingerprint density at radius 3 is 2.48 bits per heavy atom. The Hall–Kier alpha value is -2.78. The van der Waals surface area contributed by atoms with Crippen LogP contribution in [-0.2, 0) is 16.6 Å². The summed E-state index contributed by atoms with van der Waals surface area (Å²) in [6.07, 6.45) is 2.69. The fourth-order valence-electron chi connectivity index (χ4n) is 2.28. The first-order chi connectivity index (χ1) is 12.8. The third-order valence-electron chi connectivity index (χ3n) is 3.74. The Morgan fingerprint density at radius 2 is 1.81 bits per heavy atom. The Kier molecular flexibility index (Phi) is 5.52. The molecule has 0 amide bonds. The van der Waals surface area contributed by atoms with Gasteiger partial charge in [-0.25, -0.2) is 21.8 Å². The van der Waals surface area contributed by atoms with Gasteiger partial charge < -0.3 is 10.6 Å². The second-order valence-electron chi connectivity index (χ2n) is 5.83. The lowest BCUT2D eigenvalue weighted by molar-refractivity contribution is 0.587. The standard InChI is InChI=1S/C18H17FN4O2S2/c1-13-2-8-17(9-3-13)27(24,25)23-11-16(21-12-23)10-20-18(26)22-15-6-4-14(19)5-7-15/h2-9,11-12H,10H2,1H3,(H2,20,22,26). The molecule has 0 bridgehead atoms. The molecule has 3 rings (SSSR count). The maximum absolute atomic E-state index is 12.9. The van der Waals surface area contributed by atoms with Gasteiger partial charge in [-0.15, -0.1) is 0 Å². The fourth-order valence-corrected chi connectivity index (χ4v) is 3.62. The third-order valence-corrected chi connectivity index (χ3v) is 5.61. The number of hydrogen-bond donors (Lipinski definition) is 2. The highest BCUT2D eigenvalue weighted by Crippen LogP contribution is 2.15. The summed E-state index contributed by atoms with van der Waals surface area (Å²) in [5.74, 6) is -0.334. The average Bonchev–Trinajstić information content (AvgIpc) is 3.12. The molecular formula is C18H17FN4O2S2. The molecule has 0 unspecified atom stereocenters. The highest BCUT2D eigenvalue weighted by atomic mass is 32.2. The highest BCUT2D eigenvalue weighted by molar-refractivity contribution is 7.90. The maximum atomic E-state index is 12.9. The summed E-state index contributed by atoms with van der Waals surface area (Å²) >= 11 is 5.17. The number of benzene rings is 2. The van der Waals surface area contributed by atoms with Crippen molar-refractivity contribution in [1.29, 1.82) is 0 Å². The smallest absolute Gasteiger partial charge is 0.268 e. The van der Waals surface area contributed by atoms with E-state index < -0.39 is 10.0 Å². The summed E-state index contributed by atoms with van der Waals surface area (Å²) in [7, 11) is -3.68. The normalized spacial score (nSPS) is 11.2. The number of halogens is 1. The van der Waals surface area contributed by atoms with E-state index in [1.165, 1.54) is 24.7 Å². The number of imidazole rings is 1. The highest BCUT2D eigenvalue weighted by Gasteiger charge is 2.17. The van der Waals surface area contributed by atoms with E-state index in [4.69, 9.17) is 12.2 Å². The molecule has 0 saturated carbocycles. The molecule has 0 aliphatic carbocycles. The molecule has 6 nitrogen and oxygen atoms in total. The van der Waals surface area contributed by atoms with Gasteiger partial charge in [-0.1, -0.05) is 17.7 Å². The lowest BCUT2D eigenvalue weighted by Crippen LogP contribution is -2.28.